The number of rotatable bonds is 7. The molecule has 0 aliphatic heterocycles. The Morgan fingerprint density at radius 1 is 1.14 bits per heavy atom. The quantitative estimate of drug-likeness (QED) is 0.731. The molecular weight excluding hydrogens is 273 g/mol. The van der Waals surface area contributed by atoms with Crippen LogP contribution in [0.5, 0.6) is 5.75 Å². The third-order valence-electron chi connectivity index (χ3n) is 2.90. The standard InChI is InChI=1S/C16H18FNO3/c17-13-3-1-2-12(8-13)11-21-16-6-4-14(5-7-16)18-9-15(20)10-19/h1-8,15,18-20H,9-11H2. The Morgan fingerprint density at radius 3 is 2.57 bits per heavy atom. The lowest BCUT2D eigenvalue weighted by Gasteiger charge is -2.11. The second-order valence-electron chi connectivity index (χ2n) is 4.66. The summed E-state index contributed by atoms with van der Waals surface area (Å²) in [6, 6.07) is 13.5. The molecule has 0 fully saturated rings. The van der Waals surface area contributed by atoms with Gasteiger partial charge in [0.15, 0.2) is 0 Å². The van der Waals surface area contributed by atoms with Gasteiger partial charge in [0.25, 0.3) is 0 Å². The highest BCUT2D eigenvalue weighted by Crippen LogP contribution is 2.17. The minimum Gasteiger partial charge on any atom is -0.489 e. The van der Waals surface area contributed by atoms with E-state index in [9.17, 15) is 9.50 Å². The van der Waals surface area contributed by atoms with Gasteiger partial charge in [-0.15, -0.1) is 0 Å². The summed E-state index contributed by atoms with van der Waals surface area (Å²) in [4.78, 5) is 0. The highest BCUT2D eigenvalue weighted by atomic mass is 19.1. The molecule has 0 amide bonds. The highest BCUT2D eigenvalue weighted by Gasteiger charge is 2.02. The number of hydrogen-bond acceptors (Lipinski definition) is 4. The largest absolute Gasteiger partial charge is 0.489 e. The smallest absolute Gasteiger partial charge is 0.123 e. The molecule has 112 valence electrons. The lowest BCUT2D eigenvalue weighted by molar-refractivity contribution is 0.105. The fraction of sp³-hybridized carbons (Fsp3) is 0.250. The number of nitrogens with one attached hydrogen (secondary N) is 1. The summed E-state index contributed by atoms with van der Waals surface area (Å²) in [6.07, 6.45) is -0.783. The number of halogens is 1. The van der Waals surface area contributed by atoms with Crippen molar-refractivity contribution in [3.05, 3.63) is 59.9 Å². The van der Waals surface area contributed by atoms with Crippen molar-refractivity contribution in [1.82, 2.24) is 0 Å². The zero-order valence-corrected chi connectivity index (χ0v) is 11.5. The Labute approximate surface area is 122 Å². The Morgan fingerprint density at radius 2 is 1.90 bits per heavy atom. The molecule has 0 spiro atoms. The van der Waals surface area contributed by atoms with Crippen molar-refractivity contribution in [3.63, 3.8) is 0 Å². The Balaban J connectivity index is 1.85. The molecule has 3 N–H and O–H groups in total. The van der Waals surface area contributed by atoms with Crippen molar-refractivity contribution in [3.8, 4) is 5.75 Å². The van der Waals surface area contributed by atoms with Gasteiger partial charge in [-0.1, -0.05) is 12.1 Å². The molecule has 0 bridgehead atoms. The average Bonchev–Trinajstić information content (AvgIpc) is 2.51. The maximum atomic E-state index is 13.0. The third kappa shape index (κ3) is 5.06. The van der Waals surface area contributed by atoms with Gasteiger partial charge in [-0.05, 0) is 42.0 Å². The highest BCUT2D eigenvalue weighted by molar-refractivity contribution is 5.46. The van der Waals surface area contributed by atoms with Gasteiger partial charge in [0.1, 0.15) is 18.2 Å². The van der Waals surface area contributed by atoms with E-state index in [-0.39, 0.29) is 19.0 Å². The molecule has 2 rings (SSSR count). The SMILES string of the molecule is OCC(O)CNc1ccc(OCc2cccc(F)c2)cc1. The zero-order valence-electron chi connectivity index (χ0n) is 11.5. The molecule has 0 radical (unpaired) electrons. The van der Waals surface area contributed by atoms with E-state index >= 15 is 0 Å². The lowest BCUT2D eigenvalue weighted by atomic mass is 10.2. The van der Waals surface area contributed by atoms with Crippen molar-refractivity contribution in [2.75, 3.05) is 18.5 Å². The summed E-state index contributed by atoms with van der Waals surface area (Å²) in [7, 11) is 0. The first-order valence-electron chi connectivity index (χ1n) is 6.67. The number of hydrogen-bond donors (Lipinski definition) is 3. The third-order valence-corrected chi connectivity index (χ3v) is 2.90. The molecule has 0 saturated carbocycles. The van der Waals surface area contributed by atoms with Gasteiger partial charge in [-0.2, -0.15) is 0 Å². The van der Waals surface area contributed by atoms with Gasteiger partial charge in [0, 0.05) is 12.2 Å². The van der Waals surface area contributed by atoms with Crippen LogP contribution in [0.25, 0.3) is 0 Å². The molecule has 1 unspecified atom stereocenters. The number of benzene rings is 2. The van der Waals surface area contributed by atoms with Crippen LogP contribution in [-0.4, -0.2) is 29.5 Å². The molecule has 0 heterocycles. The number of aliphatic hydroxyl groups is 2. The van der Waals surface area contributed by atoms with Crippen LogP contribution in [0.15, 0.2) is 48.5 Å². The van der Waals surface area contributed by atoms with Crippen LogP contribution in [0, 0.1) is 5.82 Å². The van der Waals surface area contributed by atoms with E-state index in [2.05, 4.69) is 5.32 Å². The van der Waals surface area contributed by atoms with Crippen LogP contribution < -0.4 is 10.1 Å². The van der Waals surface area contributed by atoms with Gasteiger partial charge < -0.3 is 20.3 Å². The first-order valence-corrected chi connectivity index (χ1v) is 6.67. The molecule has 0 aliphatic carbocycles. The van der Waals surface area contributed by atoms with E-state index in [1.165, 1.54) is 12.1 Å². The lowest BCUT2D eigenvalue weighted by Crippen LogP contribution is -2.22. The topological polar surface area (TPSA) is 61.7 Å². The first-order chi connectivity index (χ1) is 10.2. The van der Waals surface area contributed by atoms with Crippen LogP contribution in [-0.2, 0) is 6.61 Å². The summed E-state index contributed by atoms with van der Waals surface area (Å²) in [6.45, 7) is 0.301. The Bertz CT molecular complexity index is 560. The average molecular weight is 291 g/mol. The molecule has 1 atom stereocenters. The normalized spacial score (nSPS) is 12.0. The predicted molar refractivity (Wildman–Crippen MR) is 78.8 cm³/mol. The fourth-order valence-electron chi connectivity index (χ4n) is 1.76. The van der Waals surface area contributed by atoms with Crippen LogP contribution in [0.1, 0.15) is 5.56 Å². The predicted octanol–water partition coefficient (Wildman–Crippen LogP) is 2.17. The molecule has 2 aromatic carbocycles. The van der Waals surface area contributed by atoms with E-state index in [0.717, 1.165) is 11.3 Å². The molecule has 0 aliphatic rings. The first kappa shape index (κ1) is 15.3. The van der Waals surface area contributed by atoms with Gasteiger partial charge in [-0.25, -0.2) is 4.39 Å². The second kappa shape index (κ2) is 7.61. The molecular formula is C16H18FNO3. The number of aliphatic hydroxyl groups excluding tert-OH is 2. The molecule has 4 nitrogen and oxygen atoms in total. The van der Waals surface area contributed by atoms with Crippen LogP contribution in [0.4, 0.5) is 10.1 Å². The molecule has 0 aromatic heterocycles. The summed E-state index contributed by atoms with van der Waals surface area (Å²) in [5, 5.41) is 20.9. The molecule has 2 aromatic rings. The van der Waals surface area contributed by atoms with E-state index < -0.39 is 6.10 Å². The second-order valence-corrected chi connectivity index (χ2v) is 4.66. The van der Waals surface area contributed by atoms with E-state index in [1.54, 1.807) is 24.3 Å². The van der Waals surface area contributed by atoms with E-state index in [1.807, 2.05) is 12.1 Å². The summed E-state index contributed by atoms with van der Waals surface area (Å²) in [5.74, 6) is 0.394. The van der Waals surface area contributed by atoms with Crippen molar-refractivity contribution in [2.24, 2.45) is 0 Å². The maximum Gasteiger partial charge on any atom is 0.123 e. The van der Waals surface area contributed by atoms with Crippen molar-refractivity contribution < 1.29 is 19.3 Å². The monoisotopic (exact) mass is 291 g/mol. The maximum absolute atomic E-state index is 13.0. The summed E-state index contributed by atoms with van der Waals surface area (Å²) >= 11 is 0. The van der Waals surface area contributed by atoms with Gasteiger partial charge >= 0.3 is 0 Å². The van der Waals surface area contributed by atoms with Crippen LogP contribution in [0.2, 0.25) is 0 Å². The fourth-order valence-corrected chi connectivity index (χ4v) is 1.76. The number of anilines is 1. The van der Waals surface area contributed by atoms with E-state index in [4.69, 9.17) is 9.84 Å². The van der Waals surface area contributed by atoms with Crippen LogP contribution in [0.3, 0.4) is 0 Å². The van der Waals surface area contributed by atoms with Crippen molar-refractivity contribution in [1.29, 1.82) is 0 Å². The zero-order chi connectivity index (χ0) is 15.1. The molecule has 0 saturated heterocycles. The Hall–Kier alpha value is -2.11. The molecule has 5 heteroatoms. The van der Waals surface area contributed by atoms with Crippen molar-refractivity contribution >= 4 is 5.69 Å². The van der Waals surface area contributed by atoms with Gasteiger partial charge in [0.05, 0.1) is 12.7 Å². The van der Waals surface area contributed by atoms with Gasteiger partial charge in [0.2, 0.25) is 0 Å². The van der Waals surface area contributed by atoms with E-state index in [0.29, 0.717) is 12.4 Å². The minimum atomic E-state index is -0.783. The Kier molecular flexibility index (Phi) is 5.54. The van der Waals surface area contributed by atoms with Crippen molar-refractivity contribution in [2.45, 2.75) is 12.7 Å². The minimum absolute atomic E-state index is 0.276. The van der Waals surface area contributed by atoms with Gasteiger partial charge in [-0.3, -0.25) is 0 Å². The van der Waals surface area contributed by atoms with Crippen LogP contribution >= 0.6 is 0 Å². The number of ether oxygens (including phenoxy) is 1. The summed E-state index contributed by atoms with van der Waals surface area (Å²) in [5.41, 5.74) is 1.59. The molecule has 21 heavy (non-hydrogen) atoms. The summed E-state index contributed by atoms with van der Waals surface area (Å²) < 4.78 is 18.6.